The maximum absolute atomic E-state index is 13.0. The Kier molecular flexibility index (Phi) is 6.25. The van der Waals surface area contributed by atoms with E-state index >= 15 is 0 Å². The third kappa shape index (κ3) is 3.98. The summed E-state index contributed by atoms with van der Waals surface area (Å²) in [5.41, 5.74) is 1.29. The molecule has 11 heteroatoms. The number of benzene rings is 2. The van der Waals surface area contributed by atoms with Crippen LogP contribution in [-0.4, -0.2) is 68.3 Å². The van der Waals surface area contributed by atoms with Crippen molar-refractivity contribution in [3.8, 4) is 17.2 Å². The van der Waals surface area contributed by atoms with Gasteiger partial charge in [0.15, 0.2) is 11.5 Å². The highest BCUT2D eigenvalue weighted by atomic mass is 16.5. The minimum Gasteiger partial charge on any atom is -0.493 e. The van der Waals surface area contributed by atoms with Crippen LogP contribution >= 0.6 is 0 Å². The molecule has 1 unspecified atom stereocenters. The van der Waals surface area contributed by atoms with Gasteiger partial charge in [0.1, 0.15) is 11.4 Å². The van der Waals surface area contributed by atoms with Crippen LogP contribution in [0.1, 0.15) is 12.5 Å². The van der Waals surface area contributed by atoms with E-state index in [0.717, 1.165) is 5.56 Å². The quantitative estimate of drug-likeness (QED) is 0.511. The van der Waals surface area contributed by atoms with Gasteiger partial charge in [-0.05, 0) is 24.6 Å². The van der Waals surface area contributed by atoms with Crippen molar-refractivity contribution in [2.24, 2.45) is 0 Å². The van der Waals surface area contributed by atoms with Crippen LogP contribution in [0.2, 0.25) is 0 Å². The van der Waals surface area contributed by atoms with Crippen LogP contribution in [0.25, 0.3) is 10.9 Å². The number of methoxy groups -OCH3 is 3. The van der Waals surface area contributed by atoms with Crippen LogP contribution in [0.5, 0.6) is 17.2 Å². The van der Waals surface area contributed by atoms with Crippen LogP contribution in [0, 0.1) is 0 Å². The Morgan fingerprint density at radius 1 is 1.06 bits per heavy atom. The molecule has 0 spiro atoms. The van der Waals surface area contributed by atoms with E-state index in [1.54, 1.807) is 50.2 Å². The number of aromatic nitrogens is 2. The minimum absolute atomic E-state index is 0.233. The molecular weight excluding hydrogens is 454 g/mol. The molecule has 1 atom stereocenters. The number of rotatable bonds is 7. The Morgan fingerprint density at radius 2 is 1.77 bits per heavy atom. The second-order valence-corrected chi connectivity index (χ2v) is 8.20. The van der Waals surface area contributed by atoms with Gasteiger partial charge in [0.25, 0.3) is 11.5 Å². The number of ether oxygens (including phenoxy) is 3. The fourth-order valence-corrected chi connectivity index (χ4v) is 4.09. The molecule has 35 heavy (non-hydrogen) atoms. The van der Waals surface area contributed by atoms with Gasteiger partial charge in [0, 0.05) is 26.7 Å². The van der Waals surface area contributed by atoms with E-state index in [2.05, 4.69) is 9.97 Å². The summed E-state index contributed by atoms with van der Waals surface area (Å²) >= 11 is 0. The van der Waals surface area contributed by atoms with Crippen LogP contribution < -0.4 is 29.6 Å². The predicted octanol–water partition coefficient (Wildman–Crippen LogP) is 2.37. The van der Waals surface area contributed by atoms with E-state index in [4.69, 9.17) is 14.2 Å². The lowest BCUT2D eigenvalue weighted by molar-refractivity contribution is -0.119. The zero-order valence-electron chi connectivity index (χ0n) is 20.4. The molecule has 4 rings (SSSR count). The van der Waals surface area contributed by atoms with Gasteiger partial charge in [-0.1, -0.05) is 12.1 Å². The van der Waals surface area contributed by atoms with Crippen molar-refractivity contribution >= 4 is 34.5 Å². The van der Waals surface area contributed by atoms with E-state index in [1.807, 2.05) is 6.07 Å². The summed E-state index contributed by atoms with van der Waals surface area (Å²) in [5, 5.41) is 0.244. The first kappa shape index (κ1) is 23.9. The van der Waals surface area contributed by atoms with Gasteiger partial charge in [0.05, 0.1) is 32.5 Å². The van der Waals surface area contributed by atoms with Gasteiger partial charge < -0.3 is 24.0 Å². The summed E-state index contributed by atoms with van der Waals surface area (Å²) in [6.45, 7) is 2.05. The molecule has 2 heterocycles. The standard InChI is InChI=1S/C24H27N5O6/c1-13-22(31)29(24(32)28(13)3)15-9-7-8-14(10-15)12-27(2)23-25-16-11-17(33-4)19(34-5)20(35-6)18(16)21(30)26-23/h7-11,13H,12H2,1-6H3,(H,25,26,30). The zero-order valence-corrected chi connectivity index (χ0v) is 20.4. The van der Waals surface area contributed by atoms with Crippen molar-refractivity contribution in [2.45, 2.75) is 19.5 Å². The Balaban J connectivity index is 1.68. The van der Waals surface area contributed by atoms with E-state index < -0.39 is 11.6 Å². The van der Waals surface area contributed by atoms with Crippen LogP contribution in [0.15, 0.2) is 35.1 Å². The number of carbonyl (C=O) groups is 2. The van der Waals surface area contributed by atoms with Crippen molar-refractivity contribution < 1.29 is 23.8 Å². The summed E-state index contributed by atoms with van der Waals surface area (Å²) < 4.78 is 16.2. The number of nitrogens with one attached hydrogen (secondary N) is 1. The first-order valence-corrected chi connectivity index (χ1v) is 10.9. The lowest BCUT2D eigenvalue weighted by Crippen LogP contribution is -2.31. The van der Waals surface area contributed by atoms with Crippen molar-refractivity contribution in [2.75, 3.05) is 45.2 Å². The number of amides is 3. The van der Waals surface area contributed by atoms with Gasteiger partial charge in [-0.2, -0.15) is 0 Å². The molecule has 0 radical (unpaired) electrons. The molecule has 1 fully saturated rings. The lowest BCUT2D eigenvalue weighted by Gasteiger charge is -2.20. The Labute approximate surface area is 201 Å². The Hall–Kier alpha value is -4.28. The van der Waals surface area contributed by atoms with E-state index in [1.165, 1.54) is 31.1 Å². The summed E-state index contributed by atoms with van der Waals surface area (Å²) in [4.78, 5) is 49.8. The molecule has 1 aromatic heterocycles. The number of hydrogen-bond acceptors (Lipinski definition) is 8. The highest BCUT2D eigenvalue weighted by molar-refractivity contribution is 6.21. The molecule has 0 bridgehead atoms. The summed E-state index contributed by atoms with van der Waals surface area (Å²) in [6, 6.07) is 7.86. The highest BCUT2D eigenvalue weighted by Gasteiger charge is 2.41. The van der Waals surface area contributed by atoms with Gasteiger partial charge in [-0.3, -0.25) is 14.6 Å². The number of carbonyl (C=O) groups excluding carboxylic acids is 2. The topological polar surface area (TPSA) is 117 Å². The molecule has 1 aliphatic rings. The predicted molar refractivity (Wildman–Crippen MR) is 131 cm³/mol. The Bertz CT molecular complexity index is 1350. The summed E-state index contributed by atoms with van der Waals surface area (Å²) in [6.07, 6.45) is 0. The first-order chi connectivity index (χ1) is 16.7. The smallest absolute Gasteiger partial charge is 0.331 e. The largest absolute Gasteiger partial charge is 0.493 e. The van der Waals surface area contributed by atoms with Crippen molar-refractivity contribution in [1.29, 1.82) is 0 Å². The van der Waals surface area contributed by atoms with Gasteiger partial charge >= 0.3 is 6.03 Å². The van der Waals surface area contributed by atoms with Crippen LogP contribution in [0.4, 0.5) is 16.4 Å². The average Bonchev–Trinajstić information content (AvgIpc) is 3.04. The third-order valence-electron chi connectivity index (χ3n) is 6.09. The fraction of sp³-hybridized carbons (Fsp3) is 0.333. The number of anilines is 2. The van der Waals surface area contributed by atoms with Crippen molar-refractivity contribution in [1.82, 2.24) is 14.9 Å². The number of likely N-dealkylation sites (N-methyl/N-ethyl adjacent to an activating group) is 1. The molecule has 184 valence electrons. The number of urea groups is 1. The molecule has 2 aromatic carbocycles. The summed E-state index contributed by atoms with van der Waals surface area (Å²) in [7, 11) is 7.77. The zero-order chi connectivity index (χ0) is 25.4. The van der Waals surface area contributed by atoms with Crippen LogP contribution in [-0.2, 0) is 11.3 Å². The monoisotopic (exact) mass is 481 g/mol. The van der Waals surface area contributed by atoms with Crippen molar-refractivity contribution in [3.05, 3.63) is 46.2 Å². The van der Waals surface area contributed by atoms with E-state index in [9.17, 15) is 14.4 Å². The first-order valence-electron chi connectivity index (χ1n) is 10.9. The number of hydrogen-bond donors (Lipinski definition) is 1. The lowest BCUT2D eigenvalue weighted by atomic mass is 10.1. The SMILES string of the molecule is COc1cc2nc(N(C)Cc3cccc(N4C(=O)C(C)N(C)C4=O)c3)[nH]c(=O)c2c(OC)c1OC. The normalized spacial score (nSPS) is 15.7. The Morgan fingerprint density at radius 3 is 2.37 bits per heavy atom. The van der Waals surface area contributed by atoms with E-state index in [-0.39, 0.29) is 23.1 Å². The molecular formula is C24H27N5O6. The molecule has 0 aliphatic carbocycles. The molecule has 0 saturated carbocycles. The number of fused-ring (bicyclic) bond motifs is 1. The minimum atomic E-state index is -0.520. The van der Waals surface area contributed by atoms with Crippen LogP contribution in [0.3, 0.4) is 0 Å². The summed E-state index contributed by atoms with van der Waals surface area (Å²) in [5.74, 6) is 0.969. The van der Waals surface area contributed by atoms with Crippen molar-refractivity contribution in [3.63, 3.8) is 0 Å². The van der Waals surface area contributed by atoms with E-state index in [0.29, 0.717) is 35.2 Å². The number of H-pyrrole nitrogens is 1. The van der Waals surface area contributed by atoms with Gasteiger partial charge in [0.2, 0.25) is 11.7 Å². The maximum Gasteiger partial charge on any atom is 0.331 e. The molecule has 1 N–H and O–H groups in total. The average molecular weight is 482 g/mol. The number of aromatic amines is 1. The second kappa shape index (κ2) is 9.16. The molecule has 1 saturated heterocycles. The number of imide groups is 1. The molecule has 1 aliphatic heterocycles. The molecule has 11 nitrogen and oxygen atoms in total. The maximum atomic E-state index is 13.0. The molecule has 3 amide bonds. The second-order valence-electron chi connectivity index (χ2n) is 8.20. The highest BCUT2D eigenvalue weighted by Crippen LogP contribution is 2.41. The fourth-order valence-electron chi connectivity index (χ4n) is 4.09. The number of nitrogens with zero attached hydrogens (tertiary/aromatic N) is 4. The van der Waals surface area contributed by atoms with Gasteiger partial charge in [-0.25, -0.2) is 14.7 Å². The third-order valence-corrected chi connectivity index (χ3v) is 6.09. The van der Waals surface area contributed by atoms with Gasteiger partial charge in [-0.15, -0.1) is 0 Å². The molecule has 3 aromatic rings.